The van der Waals surface area contributed by atoms with Gasteiger partial charge in [0.15, 0.2) is 11.9 Å². The number of anilines is 1. The van der Waals surface area contributed by atoms with Gasteiger partial charge in [0.2, 0.25) is 0 Å². The number of carbonyl (C=O) groups excluding carboxylic acids is 1. The number of amides is 1. The molecule has 4 nitrogen and oxygen atoms in total. The van der Waals surface area contributed by atoms with E-state index in [4.69, 9.17) is 21.1 Å². The zero-order valence-corrected chi connectivity index (χ0v) is 17.7. The quantitative estimate of drug-likeness (QED) is 0.508. The Kier molecular flexibility index (Phi) is 6.45. The Morgan fingerprint density at radius 2 is 1.69 bits per heavy atom. The van der Waals surface area contributed by atoms with E-state index in [0.29, 0.717) is 28.0 Å². The Morgan fingerprint density at radius 3 is 2.41 bits per heavy atom. The Balaban J connectivity index is 1.77. The number of aryl methyl sites for hydroxylation is 2. The summed E-state index contributed by atoms with van der Waals surface area (Å²) in [7, 11) is 0. The van der Waals surface area contributed by atoms with Crippen molar-refractivity contribution in [2.75, 3.05) is 5.32 Å². The third-order valence-corrected chi connectivity index (χ3v) is 4.84. The highest BCUT2D eigenvalue weighted by Crippen LogP contribution is 2.32. The molecule has 29 heavy (non-hydrogen) atoms. The van der Waals surface area contributed by atoms with Gasteiger partial charge < -0.3 is 14.8 Å². The van der Waals surface area contributed by atoms with Gasteiger partial charge in [-0.15, -0.1) is 0 Å². The summed E-state index contributed by atoms with van der Waals surface area (Å²) in [5.74, 6) is 1.59. The Morgan fingerprint density at radius 1 is 0.966 bits per heavy atom. The van der Waals surface area contributed by atoms with Crippen molar-refractivity contribution in [3.8, 4) is 17.2 Å². The van der Waals surface area contributed by atoms with Gasteiger partial charge in [-0.2, -0.15) is 0 Å². The topological polar surface area (TPSA) is 47.6 Å². The van der Waals surface area contributed by atoms with E-state index in [0.717, 1.165) is 16.7 Å². The third-order valence-electron chi connectivity index (χ3n) is 4.61. The van der Waals surface area contributed by atoms with Gasteiger partial charge in [0.1, 0.15) is 11.5 Å². The summed E-state index contributed by atoms with van der Waals surface area (Å²) in [5.41, 5.74) is 3.72. The average Bonchev–Trinajstić information content (AvgIpc) is 2.68. The molecule has 3 aromatic rings. The molecule has 0 radical (unpaired) electrons. The minimum Gasteiger partial charge on any atom is -0.481 e. The van der Waals surface area contributed by atoms with E-state index in [1.165, 1.54) is 0 Å². The van der Waals surface area contributed by atoms with E-state index in [9.17, 15) is 4.79 Å². The molecule has 0 aliphatic carbocycles. The molecule has 1 N–H and O–H groups in total. The molecule has 3 aromatic carbocycles. The van der Waals surface area contributed by atoms with Crippen LogP contribution in [0, 0.1) is 20.8 Å². The lowest BCUT2D eigenvalue weighted by molar-refractivity contribution is -0.122. The fourth-order valence-electron chi connectivity index (χ4n) is 2.91. The van der Waals surface area contributed by atoms with Crippen LogP contribution in [0.1, 0.15) is 23.6 Å². The molecule has 150 valence electrons. The lowest BCUT2D eigenvalue weighted by atomic mass is 10.1. The standard InChI is InChI=1S/C24H24ClNO3/c1-15-12-16(2)17(3)23(13-15)28-18(4)24(27)26-21-14-19(25)10-11-22(21)29-20-8-6-5-7-9-20/h5-14,18H,1-4H3,(H,26,27). The predicted octanol–water partition coefficient (Wildman–Crippen LogP) is 6.46. The van der Waals surface area contributed by atoms with Crippen LogP contribution in [0.2, 0.25) is 5.02 Å². The molecule has 0 fully saturated rings. The predicted molar refractivity (Wildman–Crippen MR) is 117 cm³/mol. The molecule has 1 amide bonds. The molecule has 0 saturated carbocycles. The maximum atomic E-state index is 12.8. The van der Waals surface area contributed by atoms with Gasteiger partial charge in [-0.3, -0.25) is 4.79 Å². The minimum absolute atomic E-state index is 0.288. The molecule has 1 atom stereocenters. The van der Waals surface area contributed by atoms with Gasteiger partial charge in [0.05, 0.1) is 5.69 Å². The molecule has 5 heteroatoms. The molecule has 0 aliphatic rings. The molecule has 1 unspecified atom stereocenters. The summed E-state index contributed by atoms with van der Waals surface area (Å²) in [6.45, 7) is 7.73. The SMILES string of the molecule is Cc1cc(C)c(C)c(OC(C)C(=O)Nc2cc(Cl)ccc2Oc2ccccc2)c1. The summed E-state index contributed by atoms with van der Waals surface area (Å²) in [6.07, 6.45) is -0.696. The average molecular weight is 410 g/mol. The first-order valence-electron chi connectivity index (χ1n) is 9.41. The summed E-state index contributed by atoms with van der Waals surface area (Å²) in [5, 5.41) is 3.37. The number of nitrogens with one attached hydrogen (secondary N) is 1. The van der Waals surface area contributed by atoms with Crippen molar-refractivity contribution < 1.29 is 14.3 Å². The van der Waals surface area contributed by atoms with Gasteiger partial charge in [-0.1, -0.05) is 35.9 Å². The van der Waals surface area contributed by atoms with E-state index < -0.39 is 6.10 Å². The van der Waals surface area contributed by atoms with E-state index in [2.05, 4.69) is 11.4 Å². The number of halogens is 1. The summed E-state index contributed by atoms with van der Waals surface area (Å²) in [4.78, 5) is 12.8. The van der Waals surface area contributed by atoms with Crippen molar-refractivity contribution >= 4 is 23.2 Å². The van der Waals surface area contributed by atoms with Crippen LogP contribution in [-0.2, 0) is 4.79 Å². The second-order valence-electron chi connectivity index (χ2n) is 7.01. The van der Waals surface area contributed by atoms with E-state index in [-0.39, 0.29) is 5.91 Å². The summed E-state index contributed by atoms with van der Waals surface area (Å²) >= 11 is 6.13. The molecule has 0 bridgehead atoms. The number of hydrogen-bond donors (Lipinski definition) is 1. The zero-order chi connectivity index (χ0) is 21.0. The molecule has 0 spiro atoms. The molecule has 0 aromatic heterocycles. The molecule has 0 heterocycles. The molecule has 0 aliphatic heterocycles. The highest BCUT2D eigenvalue weighted by atomic mass is 35.5. The van der Waals surface area contributed by atoms with Gasteiger partial charge in [0.25, 0.3) is 5.91 Å². The maximum absolute atomic E-state index is 12.8. The largest absolute Gasteiger partial charge is 0.481 e. The number of ether oxygens (including phenoxy) is 2. The number of para-hydroxylation sites is 1. The molecule has 3 rings (SSSR count). The van der Waals surface area contributed by atoms with Crippen LogP contribution in [0.3, 0.4) is 0 Å². The Bertz CT molecular complexity index is 1020. The van der Waals surface area contributed by atoms with Crippen molar-refractivity contribution in [2.45, 2.75) is 33.8 Å². The van der Waals surface area contributed by atoms with Crippen LogP contribution in [0.5, 0.6) is 17.2 Å². The second-order valence-corrected chi connectivity index (χ2v) is 7.45. The van der Waals surface area contributed by atoms with Crippen LogP contribution >= 0.6 is 11.6 Å². The highest BCUT2D eigenvalue weighted by Gasteiger charge is 2.19. The summed E-state index contributed by atoms with van der Waals surface area (Å²) < 4.78 is 11.8. The lowest BCUT2D eigenvalue weighted by Gasteiger charge is -2.19. The van der Waals surface area contributed by atoms with Crippen LogP contribution in [0.4, 0.5) is 5.69 Å². The van der Waals surface area contributed by atoms with Crippen molar-refractivity contribution in [1.29, 1.82) is 0 Å². The van der Waals surface area contributed by atoms with Crippen molar-refractivity contribution in [3.05, 3.63) is 82.4 Å². The zero-order valence-electron chi connectivity index (χ0n) is 17.0. The van der Waals surface area contributed by atoms with Crippen molar-refractivity contribution in [3.63, 3.8) is 0 Å². The van der Waals surface area contributed by atoms with Crippen LogP contribution in [0.25, 0.3) is 0 Å². The van der Waals surface area contributed by atoms with Crippen LogP contribution in [-0.4, -0.2) is 12.0 Å². The molecule has 0 saturated heterocycles. The normalized spacial score (nSPS) is 11.6. The molecular formula is C24H24ClNO3. The minimum atomic E-state index is -0.696. The number of carbonyl (C=O) groups is 1. The Labute approximate surface area is 176 Å². The number of benzene rings is 3. The number of hydrogen-bond acceptors (Lipinski definition) is 3. The molecular weight excluding hydrogens is 386 g/mol. The third kappa shape index (κ3) is 5.30. The van der Waals surface area contributed by atoms with Crippen molar-refractivity contribution in [2.24, 2.45) is 0 Å². The first kappa shape index (κ1) is 20.7. The second kappa shape index (κ2) is 9.01. The highest BCUT2D eigenvalue weighted by molar-refractivity contribution is 6.31. The smallest absolute Gasteiger partial charge is 0.265 e. The first-order valence-corrected chi connectivity index (χ1v) is 9.79. The fraction of sp³-hybridized carbons (Fsp3) is 0.208. The summed E-state index contributed by atoms with van der Waals surface area (Å²) in [6, 6.07) is 18.5. The van der Waals surface area contributed by atoms with Gasteiger partial charge in [0, 0.05) is 5.02 Å². The van der Waals surface area contributed by atoms with Gasteiger partial charge in [-0.05, 0) is 80.8 Å². The lowest BCUT2D eigenvalue weighted by Crippen LogP contribution is -2.30. The first-order chi connectivity index (χ1) is 13.8. The van der Waals surface area contributed by atoms with Crippen molar-refractivity contribution in [1.82, 2.24) is 0 Å². The van der Waals surface area contributed by atoms with E-state index in [1.54, 1.807) is 25.1 Å². The van der Waals surface area contributed by atoms with Crippen LogP contribution < -0.4 is 14.8 Å². The monoisotopic (exact) mass is 409 g/mol. The van der Waals surface area contributed by atoms with Gasteiger partial charge in [-0.25, -0.2) is 0 Å². The van der Waals surface area contributed by atoms with Gasteiger partial charge >= 0.3 is 0 Å². The van der Waals surface area contributed by atoms with Crippen LogP contribution in [0.15, 0.2) is 60.7 Å². The number of rotatable bonds is 6. The van der Waals surface area contributed by atoms with E-state index >= 15 is 0 Å². The fourth-order valence-corrected chi connectivity index (χ4v) is 3.08. The van der Waals surface area contributed by atoms with E-state index in [1.807, 2.05) is 57.2 Å². The maximum Gasteiger partial charge on any atom is 0.265 e. The Hall–Kier alpha value is -2.98.